The van der Waals surface area contributed by atoms with Crippen LogP contribution < -0.4 is 21.1 Å². The third-order valence-electron chi connectivity index (χ3n) is 4.08. The zero-order valence-electron chi connectivity index (χ0n) is 12.7. The molecule has 0 aliphatic carbocycles. The van der Waals surface area contributed by atoms with E-state index >= 15 is 0 Å². The third kappa shape index (κ3) is 2.22. The van der Waals surface area contributed by atoms with Crippen molar-refractivity contribution in [1.29, 1.82) is 0 Å². The summed E-state index contributed by atoms with van der Waals surface area (Å²) < 4.78 is 0. The highest BCUT2D eigenvalue weighted by molar-refractivity contribution is 6.23. The molecule has 120 valence electrons. The van der Waals surface area contributed by atoms with Gasteiger partial charge in [-0.3, -0.25) is 14.5 Å². The minimum absolute atomic E-state index is 0.00431. The van der Waals surface area contributed by atoms with Crippen LogP contribution >= 0.6 is 0 Å². The molecule has 0 saturated carbocycles. The molecule has 0 spiro atoms. The van der Waals surface area contributed by atoms with Gasteiger partial charge in [-0.05, 0) is 24.3 Å². The van der Waals surface area contributed by atoms with E-state index in [0.29, 0.717) is 11.4 Å². The molecule has 2 aromatic carbocycles. The molecule has 0 bridgehead atoms. The summed E-state index contributed by atoms with van der Waals surface area (Å²) in [6, 6.07) is 15.8. The molecular weight excluding hydrogens is 306 g/mol. The van der Waals surface area contributed by atoms with Crippen molar-refractivity contribution in [3.63, 3.8) is 0 Å². The molecule has 0 saturated heterocycles. The van der Waals surface area contributed by atoms with Crippen LogP contribution in [-0.4, -0.2) is 23.8 Å². The van der Waals surface area contributed by atoms with Crippen molar-refractivity contribution in [2.24, 2.45) is 10.8 Å². The van der Waals surface area contributed by atoms with Crippen LogP contribution in [0.25, 0.3) is 0 Å². The van der Waals surface area contributed by atoms with Crippen LogP contribution in [0.1, 0.15) is 6.42 Å². The standard InChI is InChI=1S/C17H15N5O2/c18-22-13-9-5-4-8-12(13)21-14(10-15(23)20-17(21)22)16(24)19-11-6-2-1-3-7-11/h1-9,14H,10,18H2,(H,19,24)/t14-/m0/s1. The van der Waals surface area contributed by atoms with E-state index in [1.54, 1.807) is 17.0 Å². The van der Waals surface area contributed by atoms with Crippen molar-refractivity contribution in [3.8, 4) is 0 Å². The number of hydrogen-bond donors (Lipinski definition) is 2. The van der Waals surface area contributed by atoms with Crippen LogP contribution in [0, 0.1) is 0 Å². The molecule has 3 N–H and O–H groups in total. The van der Waals surface area contributed by atoms with Gasteiger partial charge >= 0.3 is 0 Å². The van der Waals surface area contributed by atoms with Crippen LogP contribution in [0.15, 0.2) is 59.6 Å². The van der Waals surface area contributed by atoms with Crippen LogP contribution in [-0.2, 0) is 9.59 Å². The highest BCUT2D eigenvalue weighted by Gasteiger charge is 2.43. The number of benzene rings is 2. The second-order valence-electron chi connectivity index (χ2n) is 5.61. The third-order valence-corrected chi connectivity index (χ3v) is 4.08. The Morgan fingerprint density at radius 1 is 1.08 bits per heavy atom. The number of amides is 2. The zero-order valence-corrected chi connectivity index (χ0v) is 12.7. The van der Waals surface area contributed by atoms with Crippen molar-refractivity contribution in [2.45, 2.75) is 12.5 Å². The first-order valence-corrected chi connectivity index (χ1v) is 7.55. The second-order valence-corrected chi connectivity index (χ2v) is 5.61. The maximum Gasteiger partial charge on any atom is 0.251 e. The number of carbonyl (C=O) groups excluding carboxylic acids is 2. The van der Waals surface area contributed by atoms with Gasteiger partial charge in [0.25, 0.3) is 5.91 Å². The summed E-state index contributed by atoms with van der Waals surface area (Å²) in [4.78, 5) is 30.5. The lowest BCUT2D eigenvalue weighted by Gasteiger charge is -2.31. The number of nitrogens with zero attached hydrogens (tertiary/aromatic N) is 3. The van der Waals surface area contributed by atoms with Gasteiger partial charge in [-0.15, -0.1) is 0 Å². The van der Waals surface area contributed by atoms with Gasteiger partial charge in [-0.2, -0.15) is 4.99 Å². The molecule has 0 fully saturated rings. The Balaban J connectivity index is 1.70. The number of guanidine groups is 1. The van der Waals surface area contributed by atoms with E-state index in [2.05, 4.69) is 10.3 Å². The quantitative estimate of drug-likeness (QED) is 0.818. The molecule has 1 atom stereocenters. The Labute approximate surface area is 138 Å². The smallest absolute Gasteiger partial charge is 0.251 e. The van der Waals surface area contributed by atoms with E-state index in [0.717, 1.165) is 5.69 Å². The predicted octanol–water partition coefficient (Wildman–Crippen LogP) is 1.48. The zero-order chi connectivity index (χ0) is 16.7. The number of hydrazine groups is 1. The van der Waals surface area contributed by atoms with Crippen molar-refractivity contribution >= 4 is 34.8 Å². The molecule has 2 heterocycles. The first-order valence-electron chi connectivity index (χ1n) is 7.55. The fraction of sp³-hybridized carbons (Fsp3) is 0.118. The maximum absolute atomic E-state index is 12.8. The van der Waals surface area contributed by atoms with Crippen molar-refractivity contribution < 1.29 is 9.59 Å². The summed E-state index contributed by atoms with van der Waals surface area (Å²) in [5.41, 5.74) is 2.15. The number of aliphatic imine (C=N–C) groups is 1. The molecule has 0 radical (unpaired) electrons. The van der Waals surface area contributed by atoms with Crippen molar-refractivity contribution in [3.05, 3.63) is 54.6 Å². The Morgan fingerprint density at radius 2 is 1.75 bits per heavy atom. The molecule has 0 unspecified atom stereocenters. The monoisotopic (exact) mass is 321 g/mol. The van der Waals surface area contributed by atoms with E-state index in [1.165, 1.54) is 5.01 Å². The van der Waals surface area contributed by atoms with Crippen molar-refractivity contribution in [2.75, 3.05) is 15.2 Å². The summed E-state index contributed by atoms with van der Waals surface area (Å²) in [6.07, 6.45) is 0.00431. The van der Waals surface area contributed by atoms with Gasteiger partial charge in [0.15, 0.2) is 0 Å². The predicted molar refractivity (Wildman–Crippen MR) is 91.5 cm³/mol. The molecule has 4 rings (SSSR count). The van der Waals surface area contributed by atoms with E-state index in [4.69, 9.17) is 5.84 Å². The van der Waals surface area contributed by atoms with Gasteiger partial charge in [-0.25, -0.2) is 10.9 Å². The fourth-order valence-electron chi connectivity index (χ4n) is 2.99. The minimum Gasteiger partial charge on any atom is -0.324 e. The molecule has 7 nitrogen and oxygen atoms in total. The number of anilines is 3. The average molecular weight is 321 g/mol. The topological polar surface area (TPSA) is 91.0 Å². The van der Waals surface area contributed by atoms with Gasteiger partial charge in [0.1, 0.15) is 6.04 Å². The largest absolute Gasteiger partial charge is 0.324 e. The molecule has 2 aromatic rings. The summed E-state index contributed by atoms with van der Waals surface area (Å²) in [7, 11) is 0. The SMILES string of the molecule is NN1C2=NC(=O)C[C@@H](C(=O)Nc3ccccc3)N2c2ccccc21. The van der Waals surface area contributed by atoms with E-state index < -0.39 is 6.04 Å². The highest BCUT2D eigenvalue weighted by atomic mass is 16.2. The van der Waals surface area contributed by atoms with Gasteiger partial charge in [0, 0.05) is 5.69 Å². The molecule has 2 aliphatic heterocycles. The lowest BCUT2D eigenvalue weighted by atomic mass is 10.1. The highest BCUT2D eigenvalue weighted by Crippen LogP contribution is 2.38. The molecule has 2 amide bonds. The second kappa shape index (κ2) is 5.47. The van der Waals surface area contributed by atoms with Crippen LogP contribution in [0.4, 0.5) is 17.1 Å². The Hall–Kier alpha value is -3.19. The average Bonchev–Trinajstić information content (AvgIpc) is 2.88. The summed E-state index contributed by atoms with van der Waals surface area (Å²) in [5, 5.41) is 4.19. The van der Waals surface area contributed by atoms with Crippen molar-refractivity contribution in [1.82, 2.24) is 0 Å². The van der Waals surface area contributed by atoms with Gasteiger partial charge in [-0.1, -0.05) is 30.3 Å². The number of nitrogens with one attached hydrogen (secondary N) is 1. The molecule has 0 aromatic heterocycles. The number of fused-ring (bicyclic) bond motifs is 3. The van der Waals surface area contributed by atoms with Gasteiger partial charge < -0.3 is 5.32 Å². The van der Waals surface area contributed by atoms with E-state index in [1.807, 2.05) is 42.5 Å². The van der Waals surface area contributed by atoms with E-state index in [-0.39, 0.29) is 24.2 Å². The minimum atomic E-state index is -0.695. The molecule has 2 aliphatic rings. The van der Waals surface area contributed by atoms with Crippen LogP contribution in [0.3, 0.4) is 0 Å². The Kier molecular flexibility index (Phi) is 3.28. The maximum atomic E-state index is 12.8. The number of para-hydroxylation sites is 3. The summed E-state index contributed by atoms with van der Waals surface area (Å²) in [5.74, 6) is 5.70. The number of carbonyl (C=O) groups is 2. The van der Waals surface area contributed by atoms with Crippen LogP contribution in [0.5, 0.6) is 0 Å². The first-order chi connectivity index (χ1) is 11.6. The number of nitrogens with two attached hydrogens (primary N) is 1. The summed E-state index contributed by atoms with van der Waals surface area (Å²) >= 11 is 0. The molecular formula is C17H15N5O2. The van der Waals surface area contributed by atoms with Crippen LogP contribution in [0.2, 0.25) is 0 Å². The Morgan fingerprint density at radius 3 is 2.50 bits per heavy atom. The lowest BCUT2D eigenvalue weighted by Crippen LogP contribution is -2.55. The lowest BCUT2D eigenvalue weighted by molar-refractivity contribution is -0.123. The van der Waals surface area contributed by atoms with E-state index in [9.17, 15) is 9.59 Å². The Bertz CT molecular complexity index is 849. The fourth-order valence-corrected chi connectivity index (χ4v) is 2.99. The number of hydrogen-bond acceptors (Lipinski definition) is 5. The molecule has 24 heavy (non-hydrogen) atoms. The molecule has 7 heteroatoms. The number of rotatable bonds is 2. The van der Waals surface area contributed by atoms with Gasteiger partial charge in [0.2, 0.25) is 11.9 Å². The van der Waals surface area contributed by atoms with Gasteiger partial charge in [0.05, 0.1) is 17.8 Å². The summed E-state index contributed by atoms with van der Waals surface area (Å²) in [6.45, 7) is 0. The normalized spacial score (nSPS) is 18.8. The first kappa shape index (κ1) is 14.4.